The first-order valence-electron chi connectivity index (χ1n) is 9.07. The number of carbonyl (C=O) groups is 1. The highest BCUT2D eigenvalue weighted by atomic mass is 16.3. The van der Waals surface area contributed by atoms with Crippen LogP contribution in [0.4, 0.5) is 0 Å². The lowest BCUT2D eigenvalue weighted by Gasteiger charge is -2.15. The highest BCUT2D eigenvalue weighted by Crippen LogP contribution is 2.20. The van der Waals surface area contributed by atoms with Crippen molar-refractivity contribution in [3.05, 3.63) is 66.1 Å². The summed E-state index contributed by atoms with van der Waals surface area (Å²) < 4.78 is 1.91. The topological polar surface area (TPSA) is 82.9 Å². The Labute approximate surface area is 156 Å². The highest BCUT2D eigenvalue weighted by Gasteiger charge is 2.13. The van der Waals surface area contributed by atoms with E-state index in [1.807, 2.05) is 60.2 Å². The number of hydrogen-bond acceptors (Lipinski definition) is 3. The monoisotopic (exact) mass is 362 g/mol. The van der Waals surface area contributed by atoms with E-state index in [-0.39, 0.29) is 18.6 Å². The van der Waals surface area contributed by atoms with Crippen LogP contribution in [0.15, 0.2) is 54.7 Å². The molecule has 4 rings (SSSR count). The number of amides is 1. The van der Waals surface area contributed by atoms with Crippen LogP contribution in [0, 0.1) is 0 Å². The number of nitrogens with one attached hydrogen (secondary N) is 2. The van der Waals surface area contributed by atoms with Crippen molar-refractivity contribution >= 4 is 27.8 Å². The molecule has 0 aliphatic rings. The normalized spacial score (nSPS) is 12.5. The van der Waals surface area contributed by atoms with Crippen LogP contribution in [-0.2, 0) is 17.9 Å². The van der Waals surface area contributed by atoms with Crippen LogP contribution in [0.5, 0.6) is 0 Å². The van der Waals surface area contributed by atoms with Gasteiger partial charge in [-0.2, -0.15) is 0 Å². The highest BCUT2D eigenvalue weighted by molar-refractivity contribution is 5.81. The molecule has 4 aromatic rings. The van der Waals surface area contributed by atoms with Gasteiger partial charge in [-0.1, -0.05) is 18.2 Å². The van der Waals surface area contributed by atoms with Gasteiger partial charge in [-0.25, -0.2) is 4.98 Å². The third kappa shape index (κ3) is 3.44. The second-order valence-electron chi connectivity index (χ2n) is 6.69. The number of aliphatic hydroxyl groups is 1. The predicted molar refractivity (Wildman–Crippen MR) is 105 cm³/mol. The number of para-hydroxylation sites is 2. The van der Waals surface area contributed by atoms with Crippen molar-refractivity contribution < 1.29 is 9.90 Å². The maximum absolute atomic E-state index is 12.5. The minimum absolute atomic E-state index is 0.0293. The van der Waals surface area contributed by atoms with Crippen molar-refractivity contribution in [3.8, 4) is 0 Å². The van der Waals surface area contributed by atoms with Crippen molar-refractivity contribution in [2.45, 2.75) is 32.5 Å². The third-order valence-corrected chi connectivity index (χ3v) is 4.89. The zero-order chi connectivity index (χ0) is 18.8. The van der Waals surface area contributed by atoms with E-state index < -0.39 is 0 Å². The maximum Gasteiger partial charge on any atom is 0.222 e. The Balaban J connectivity index is 1.43. The second-order valence-corrected chi connectivity index (χ2v) is 6.69. The van der Waals surface area contributed by atoms with Crippen LogP contribution in [0.3, 0.4) is 0 Å². The summed E-state index contributed by atoms with van der Waals surface area (Å²) in [5.41, 5.74) is 3.91. The van der Waals surface area contributed by atoms with Gasteiger partial charge >= 0.3 is 0 Å². The fourth-order valence-electron chi connectivity index (χ4n) is 3.45. The van der Waals surface area contributed by atoms with Crippen LogP contribution >= 0.6 is 0 Å². The summed E-state index contributed by atoms with van der Waals surface area (Å²) >= 11 is 0. The van der Waals surface area contributed by atoms with Gasteiger partial charge in [0.15, 0.2) is 0 Å². The molecule has 1 amide bonds. The van der Waals surface area contributed by atoms with Crippen molar-refractivity contribution in [2.24, 2.45) is 0 Å². The van der Waals surface area contributed by atoms with Gasteiger partial charge < -0.3 is 20.0 Å². The van der Waals surface area contributed by atoms with Gasteiger partial charge in [0.05, 0.1) is 17.1 Å². The summed E-state index contributed by atoms with van der Waals surface area (Å²) in [6.07, 6.45) is 2.23. The number of rotatable bonds is 6. The number of nitrogens with zero attached hydrogens (tertiary/aromatic N) is 2. The number of aliphatic hydroxyl groups excluding tert-OH is 1. The minimum atomic E-state index is -0.149. The number of hydrogen-bond donors (Lipinski definition) is 3. The number of H-pyrrole nitrogens is 1. The quantitative estimate of drug-likeness (QED) is 0.492. The number of carbonyl (C=O) groups excluding carboxylic acids is 1. The lowest BCUT2D eigenvalue weighted by atomic mass is 10.1. The van der Waals surface area contributed by atoms with Gasteiger partial charge in [-0.05, 0) is 48.2 Å². The van der Waals surface area contributed by atoms with Crippen LogP contribution in [0.1, 0.15) is 30.8 Å². The molecule has 2 heterocycles. The first-order valence-corrected chi connectivity index (χ1v) is 9.07. The Morgan fingerprint density at radius 3 is 2.96 bits per heavy atom. The molecule has 0 spiro atoms. The number of fused-ring (bicyclic) bond motifs is 2. The van der Waals surface area contributed by atoms with E-state index in [4.69, 9.17) is 0 Å². The molecule has 0 unspecified atom stereocenters. The van der Waals surface area contributed by atoms with Crippen LogP contribution in [0.25, 0.3) is 21.9 Å². The smallest absolute Gasteiger partial charge is 0.222 e. The summed E-state index contributed by atoms with van der Waals surface area (Å²) in [5, 5.41) is 13.7. The van der Waals surface area contributed by atoms with E-state index in [0.717, 1.165) is 27.5 Å². The number of aryl methyl sites for hydroxylation is 1. The molecule has 0 fully saturated rings. The Kier molecular flexibility index (Phi) is 4.64. The largest absolute Gasteiger partial charge is 0.388 e. The van der Waals surface area contributed by atoms with E-state index in [1.54, 1.807) is 0 Å². The first kappa shape index (κ1) is 17.3. The molecule has 2 aromatic heterocycles. The van der Waals surface area contributed by atoms with E-state index in [0.29, 0.717) is 18.8 Å². The molecule has 3 N–H and O–H groups in total. The number of aromatic nitrogens is 3. The summed E-state index contributed by atoms with van der Waals surface area (Å²) in [7, 11) is 0. The van der Waals surface area contributed by atoms with Crippen LogP contribution in [0.2, 0.25) is 0 Å². The molecular formula is C21H22N4O2. The zero-order valence-electron chi connectivity index (χ0n) is 15.1. The van der Waals surface area contributed by atoms with Gasteiger partial charge in [-0.15, -0.1) is 0 Å². The molecule has 27 heavy (non-hydrogen) atoms. The fourth-order valence-corrected chi connectivity index (χ4v) is 3.45. The van der Waals surface area contributed by atoms with E-state index in [9.17, 15) is 9.90 Å². The van der Waals surface area contributed by atoms with Crippen LogP contribution < -0.4 is 5.32 Å². The number of benzene rings is 2. The van der Waals surface area contributed by atoms with E-state index in [2.05, 4.69) is 21.4 Å². The van der Waals surface area contributed by atoms with Crippen molar-refractivity contribution in [1.29, 1.82) is 0 Å². The number of imidazole rings is 1. The molecule has 1 atom stereocenters. The summed E-state index contributed by atoms with van der Waals surface area (Å²) in [6, 6.07) is 15.8. The lowest BCUT2D eigenvalue weighted by molar-refractivity contribution is -0.121. The van der Waals surface area contributed by atoms with E-state index in [1.165, 1.54) is 0 Å². The van der Waals surface area contributed by atoms with E-state index >= 15 is 0 Å². The minimum Gasteiger partial charge on any atom is -0.388 e. The molecule has 0 aliphatic heterocycles. The standard InChI is InChI=1S/C21H22N4O2/c1-14(15-6-7-17-16(12-15)8-10-22-17)23-21(27)9-11-25-19-5-3-2-4-18(19)24-20(25)13-26/h2-8,10,12,14,22,26H,9,11,13H2,1H3,(H,23,27)/t14-/m1/s1. The lowest BCUT2D eigenvalue weighted by Crippen LogP contribution is -2.27. The molecule has 0 aliphatic carbocycles. The van der Waals surface area contributed by atoms with Crippen molar-refractivity contribution in [1.82, 2.24) is 19.9 Å². The molecule has 138 valence electrons. The molecule has 6 nitrogen and oxygen atoms in total. The van der Waals surface area contributed by atoms with Gasteiger partial charge in [0, 0.05) is 24.7 Å². The Bertz CT molecular complexity index is 1100. The maximum atomic E-state index is 12.5. The van der Waals surface area contributed by atoms with Gasteiger partial charge in [0.1, 0.15) is 12.4 Å². The Morgan fingerprint density at radius 1 is 1.26 bits per heavy atom. The molecule has 0 saturated heterocycles. The molecule has 0 bridgehead atoms. The van der Waals surface area contributed by atoms with Crippen LogP contribution in [-0.4, -0.2) is 25.5 Å². The molecule has 0 radical (unpaired) electrons. The SMILES string of the molecule is C[C@@H](NC(=O)CCn1c(CO)nc2ccccc21)c1ccc2[nH]ccc2c1. The Morgan fingerprint density at radius 2 is 2.11 bits per heavy atom. The van der Waals surface area contributed by atoms with Crippen molar-refractivity contribution in [3.63, 3.8) is 0 Å². The first-order chi connectivity index (χ1) is 13.2. The number of aromatic amines is 1. The van der Waals surface area contributed by atoms with Gasteiger partial charge in [-0.3, -0.25) is 4.79 Å². The fraction of sp³-hybridized carbons (Fsp3) is 0.238. The Hall–Kier alpha value is -3.12. The molecule has 0 saturated carbocycles. The second kappa shape index (κ2) is 7.25. The molecule has 2 aromatic carbocycles. The summed E-state index contributed by atoms with van der Waals surface area (Å²) in [5.74, 6) is 0.549. The zero-order valence-corrected chi connectivity index (χ0v) is 15.1. The molecule has 6 heteroatoms. The predicted octanol–water partition coefficient (Wildman–Crippen LogP) is 3.28. The summed E-state index contributed by atoms with van der Waals surface area (Å²) in [4.78, 5) is 20.0. The third-order valence-electron chi connectivity index (χ3n) is 4.89. The van der Waals surface area contributed by atoms with Gasteiger partial charge in [0.2, 0.25) is 5.91 Å². The average molecular weight is 362 g/mol. The average Bonchev–Trinajstić information content (AvgIpc) is 3.29. The molecular weight excluding hydrogens is 340 g/mol. The van der Waals surface area contributed by atoms with Gasteiger partial charge in [0.25, 0.3) is 0 Å². The van der Waals surface area contributed by atoms with Crippen molar-refractivity contribution in [2.75, 3.05) is 0 Å². The summed E-state index contributed by atoms with van der Waals surface area (Å²) in [6.45, 7) is 2.31.